The summed E-state index contributed by atoms with van der Waals surface area (Å²) in [6.07, 6.45) is 4.70. The van der Waals surface area contributed by atoms with Gasteiger partial charge >= 0.3 is 0 Å². The standard InChI is InChI=1S/C31H37FN10O3/c1-7-30(43)38-23-15-24(27(44-6)16-26(23)40(4)10-9-39(2)3)37-28-17-29(34-18-33-28)42-25(8-11-45-42)20-12-21(14-22(32)13-20)31-35-19-36-41(31)5/h7,12-19,25H,1,8-11H2,2-6H3,(H,38,43)(H,33,34,37). The zero-order chi connectivity index (χ0) is 32.1. The number of hydrogen-bond acceptors (Lipinski definition) is 11. The molecule has 4 aromatic rings. The topological polar surface area (TPSA) is 126 Å². The van der Waals surface area contributed by atoms with Gasteiger partial charge in [-0.3, -0.25) is 9.63 Å². The predicted octanol–water partition coefficient (Wildman–Crippen LogP) is 4.17. The molecule has 0 bridgehead atoms. The summed E-state index contributed by atoms with van der Waals surface area (Å²) in [7, 11) is 9.29. The van der Waals surface area contributed by atoms with E-state index in [0.29, 0.717) is 53.2 Å². The van der Waals surface area contributed by atoms with Gasteiger partial charge in [0.1, 0.15) is 30.0 Å². The Balaban J connectivity index is 1.44. The summed E-state index contributed by atoms with van der Waals surface area (Å²) in [5, 5.41) is 12.0. The van der Waals surface area contributed by atoms with E-state index in [2.05, 4.69) is 42.2 Å². The number of likely N-dealkylation sites (N-methyl/N-ethyl adjacent to an activating group) is 2. The van der Waals surface area contributed by atoms with Crippen molar-refractivity contribution >= 4 is 34.6 Å². The Morgan fingerprint density at radius 1 is 1.11 bits per heavy atom. The molecule has 1 atom stereocenters. The van der Waals surface area contributed by atoms with E-state index >= 15 is 0 Å². The number of methoxy groups -OCH3 is 1. The Morgan fingerprint density at radius 2 is 1.93 bits per heavy atom. The van der Waals surface area contributed by atoms with Crippen LogP contribution in [0.25, 0.3) is 11.4 Å². The van der Waals surface area contributed by atoms with Crippen molar-refractivity contribution in [3.05, 3.63) is 73.1 Å². The molecule has 2 aromatic heterocycles. The van der Waals surface area contributed by atoms with E-state index in [1.807, 2.05) is 38.2 Å². The molecule has 1 amide bonds. The monoisotopic (exact) mass is 616 g/mol. The lowest BCUT2D eigenvalue weighted by atomic mass is 10.0. The zero-order valence-corrected chi connectivity index (χ0v) is 26.0. The summed E-state index contributed by atoms with van der Waals surface area (Å²) in [4.78, 5) is 35.6. The maximum atomic E-state index is 14.8. The van der Waals surface area contributed by atoms with E-state index < -0.39 is 0 Å². The molecule has 1 fully saturated rings. The number of hydrogen-bond donors (Lipinski definition) is 2. The molecule has 2 N–H and O–H groups in total. The van der Waals surface area contributed by atoms with Crippen LogP contribution in [0.1, 0.15) is 18.0 Å². The molecule has 2 aromatic carbocycles. The van der Waals surface area contributed by atoms with E-state index in [1.54, 1.807) is 36.0 Å². The van der Waals surface area contributed by atoms with E-state index in [-0.39, 0.29) is 17.8 Å². The predicted molar refractivity (Wildman–Crippen MR) is 171 cm³/mol. The Kier molecular flexibility index (Phi) is 9.54. The number of aryl methyl sites for hydroxylation is 1. The lowest BCUT2D eigenvalue weighted by Gasteiger charge is -2.26. The number of hydroxylamine groups is 1. The minimum Gasteiger partial charge on any atom is -0.494 e. The first-order chi connectivity index (χ1) is 21.7. The fraction of sp³-hybridized carbons (Fsp3) is 0.323. The van der Waals surface area contributed by atoms with Gasteiger partial charge in [0.2, 0.25) is 5.91 Å². The normalized spacial score (nSPS) is 14.5. The number of nitrogens with one attached hydrogen (secondary N) is 2. The molecule has 45 heavy (non-hydrogen) atoms. The summed E-state index contributed by atoms with van der Waals surface area (Å²) >= 11 is 0. The van der Waals surface area contributed by atoms with Crippen molar-refractivity contribution in [1.82, 2.24) is 29.6 Å². The number of rotatable bonds is 12. The number of benzene rings is 2. The first-order valence-corrected chi connectivity index (χ1v) is 14.3. The third-order valence-corrected chi connectivity index (χ3v) is 7.38. The van der Waals surface area contributed by atoms with Crippen LogP contribution in [0, 0.1) is 5.82 Å². The molecular weight excluding hydrogens is 579 g/mol. The van der Waals surface area contributed by atoms with Crippen LogP contribution in [0.3, 0.4) is 0 Å². The third-order valence-electron chi connectivity index (χ3n) is 7.38. The summed E-state index contributed by atoms with van der Waals surface area (Å²) < 4.78 is 22.1. The number of amides is 1. The highest BCUT2D eigenvalue weighted by Crippen LogP contribution is 2.40. The highest BCUT2D eigenvalue weighted by Gasteiger charge is 2.30. The average molecular weight is 617 g/mol. The van der Waals surface area contributed by atoms with E-state index in [1.165, 1.54) is 30.9 Å². The molecule has 236 valence electrons. The number of aromatic nitrogens is 5. The van der Waals surface area contributed by atoms with Crippen molar-refractivity contribution < 1.29 is 18.8 Å². The molecule has 3 heterocycles. The fourth-order valence-corrected chi connectivity index (χ4v) is 5.07. The van der Waals surface area contributed by atoms with Gasteiger partial charge in [-0.15, -0.1) is 0 Å². The maximum absolute atomic E-state index is 14.8. The van der Waals surface area contributed by atoms with Crippen molar-refractivity contribution in [2.75, 3.05) is 68.5 Å². The van der Waals surface area contributed by atoms with Gasteiger partial charge in [0.25, 0.3) is 0 Å². The van der Waals surface area contributed by atoms with Crippen molar-refractivity contribution in [2.45, 2.75) is 12.5 Å². The summed E-state index contributed by atoms with van der Waals surface area (Å²) in [6, 6.07) is 9.90. The van der Waals surface area contributed by atoms with Crippen LogP contribution in [0.2, 0.25) is 0 Å². The molecule has 0 radical (unpaired) electrons. The van der Waals surface area contributed by atoms with Crippen molar-refractivity contribution in [3.63, 3.8) is 0 Å². The molecule has 0 spiro atoms. The highest BCUT2D eigenvalue weighted by molar-refractivity contribution is 6.02. The lowest BCUT2D eigenvalue weighted by Crippen LogP contribution is -2.29. The summed E-state index contributed by atoms with van der Waals surface area (Å²) in [5.74, 6) is 1.33. The van der Waals surface area contributed by atoms with Crippen LogP contribution >= 0.6 is 0 Å². The molecule has 0 saturated carbocycles. The molecule has 0 aliphatic carbocycles. The number of nitrogens with zero attached hydrogens (tertiary/aromatic N) is 8. The summed E-state index contributed by atoms with van der Waals surface area (Å²) in [6.45, 7) is 5.54. The number of halogens is 1. The van der Waals surface area contributed by atoms with Crippen LogP contribution in [0.4, 0.5) is 33.1 Å². The summed E-state index contributed by atoms with van der Waals surface area (Å²) in [5.41, 5.74) is 3.26. The second-order valence-corrected chi connectivity index (χ2v) is 10.8. The van der Waals surface area contributed by atoms with Crippen molar-refractivity contribution in [1.29, 1.82) is 0 Å². The van der Waals surface area contributed by atoms with Gasteiger partial charge < -0.3 is 25.2 Å². The fourth-order valence-electron chi connectivity index (χ4n) is 5.07. The molecule has 14 heteroatoms. The molecule has 1 aliphatic rings. The van der Waals surface area contributed by atoms with Gasteiger partial charge in [-0.05, 0) is 50.0 Å². The van der Waals surface area contributed by atoms with Crippen LogP contribution in [-0.4, -0.2) is 83.5 Å². The van der Waals surface area contributed by atoms with Crippen LogP contribution in [0.15, 0.2) is 61.7 Å². The molecule has 5 rings (SSSR count). The van der Waals surface area contributed by atoms with Gasteiger partial charge in [-0.2, -0.15) is 5.10 Å². The number of carbonyl (C=O) groups excluding carboxylic acids is 1. The number of ether oxygens (including phenoxy) is 1. The van der Waals surface area contributed by atoms with Gasteiger partial charge in [0, 0.05) is 51.3 Å². The van der Waals surface area contributed by atoms with Gasteiger partial charge in [-0.1, -0.05) is 6.58 Å². The SMILES string of the molecule is C=CC(=O)Nc1cc(Nc2cc(N3OCCC3c3cc(F)cc(-c4ncnn4C)c3)ncn2)c(OC)cc1N(C)CCN(C)C. The van der Waals surface area contributed by atoms with Gasteiger partial charge in [0.15, 0.2) is 11.6 Å². The Bertz CT molecular complexity index is 1680. The second kappa shape index (κ2) is 13.7. The van der Waals surface area contributed by atoms with Crippen LogP contribution < -0.4 is 25.3 Å². The quantitative estimate of drug-likeness (QED) is 0.223. The molecule has 13 nitrogen and oxygen atoms in total. The van der Waals surface area contributed by atoms with Gasteiger partial charge in [-0.25, -0.2) is 29.1 Å². The molecular formula is C31H37FN10O3. The zero-order valence-electron chi connectivity index (χ0n) is 26.0. The molecule has 1 saturated heterocycles. The largest absolute Gasteiger partial charge is 0.494 e. The second-order valence-electron chi connectivity index (χ2n) is 10.8. The minimum atomic E-state index is -0.385. The Morgan fingerprint density at radius 3 is 2.64 bits per heavy atom. The van der Waals surface area contributed by atoms with Crippen LogP contribution in [0.5, 0.6) is 5.75 Å². The Hall–Kier alpha value is -5.08. The Labute approximate surface area is 261 Å². The van der Waals surface area contributed by atoms with Crippen LogP contribution in [-0.2, 0) is 16.7 Å². The average Bonchev–Trinajstić information content (AvgIpc) is 3.69. The number of carbonyl (C=O) groups is 1. The molecule has 1 aliphatic heterocycles. The van der Waals surface area contributed by atoms with Gasteiger partial charge in [0.05, 0.1) is 36.8 Å². The third kappa shape index (κ3) is 7.19. The molecule has 1 unspecified atom stereocenters. The smallest absolute Gasteiger partial charge is 0.247 e. The minimum absolute atomic E-state index is 0.303. The van der Waals surface area contributed by atoms with E-state index in [9.17, 15) is 9.18 Å². The van der Waals surface area contributed by atoms with E-state index in [0.717, 1.165) is 24.3 Å². The maximum Gasteiger partial charge on any atom is 0.247 e. The first kappa shape index (κ1) is 31.3. The van der Waals surface area contributed by atoms with E-state index in [4.69, 9.17) is 9.57 Å². The van der Waals surface area contributed by atoms with Crippen molar-refractivity contribution in [2.24, 2.45) is 7.05 Å². The lowest BCUT2D eigenvalue weighted by molar-refractivity contribution is -0.111. The first-order valence-electron chi connectivity index (χ1n) is 14.3. The van der Waals surface area contributed by atoms with Crippen molar-refractivity contribution in [3.8, 4) is 17.1 Å². The highest BCUT2D eigenvalue weighted by atomic mass is 19.1. The number of anilines is 5.